The van der Waals surface area contributed by atoms with Gasteiger partial charge in [0.25, 0.3) is 5.91 Å². The number of pyridine rings is 1. The molecule has 2 aromatic heterocycles. The van der Waals surface area contributed by atoms with E-state index in [0.29, 0.717) is 12.8 Å². The number of rotatable bonds is 2. The molecule has 1 saturated heterocycles. The van der Waals surface area contributed by atoms with E-state index < -0.39 is 11.5 Å². The highest BCUT2D eigenvalue weighted by molar-refractivity contribution is 5.90. The predicted molar refractivity (Wildman–Crippen MR) is 74.1 cm³/mol. The van der Waals surface area contributed by atoms with Crippen molar-refractivity contribution in [3.8, 4) is 0 Å². The number of nitrogens with two attached hydrogens (primary N) is 1. The summed E-state index contributed by atoms with van der Waals surface area (Å²) in [6, 6.07) is 1.87. The topological polar surface area (TPSA) is 97.3 Å². The van der Waals surface area contributed by atoms with Crippen molar-refractivity contribution < 1.29 is 9.90 Å². The standard InChI is InChI=1S/C13H17N5O2/c1-17-11-9(7-16-17)10(3-5-15-11)18-6-2-4-13(20,8-18)12(14)19/h3,5,7,20H,2,4,6,8H2,1H3,(H2,14,19). The monoisotopic (exact) mass is 275 g/mol. The summed E-state index contributed by atoms with van der Waals surface area (Å²) in [5.74, 6) is -0.668. The molecule has 1 unspecified atom stereocenters. The average molecular weight is 275 g/mol. The Labute approximate surface area is 116 Å². The van der Waals surface area contributed by atoms with Gasteiger partial charge in [-0.2, -0.15) is 5.10 Å². The lowest BCUT2D eigenvalue weighted by molar-refractivity contribution is -0.137. The molecule has 3 heterocycles. The second kappa shape index (κ2) is 4.45. The molecule has 0 spiro atoms. The van der Waals surface area contributed by atoms with Crippen LogP contribution in [0.15, 0.2) is 18.5 Å². The zero-order chi connectivity index (χ0) is 14.3. The van der Waals surface area contributed by atoms with E-state index in [1.54, 1.807) is 17.1 Å². The van der Waals surface area contributed by atoms with Crippen LogP contribution in [0, 0.1) is 0 Å². The molecule has 7 nitrogen and oxygen atoms in total. The predicted octanol–water partition coefficient (Wildman–Crippen LogP) is -0.215. The summed E-state index contributed by atoms with van der Waals surface area (Å²) >= 11 is 0. The molecule has 7 heteroatoms. The maximum absolute atomic E-state index is 11.4. The number of aryl methyl sites for hydroxylation is 1. The fraction of sp³-hybridized carbons (Fsp3) is 0.462. The van der Waals surface area contributed by atoms with Crippen LogP contribution in [0.25, 0.3) is 11.0 Å². The van der Waals surface area contributed by atoms with E-state index in [-0.39, 0.29) is 6.54 Å². The van der Waals surface area contributed by atoms with Crippen molar-refractivity contribution in [1.29, 1.82) is 0 Å². The molecule has 3 rings (SSSR count). The zero-order valence-corrected chi connectivity index (χ0v) is 11.3. The van der Waals surface area contributed by atoms with Gasteiger partial charge < -0.3 is 15.7 Å². The van der Waals surface area contributed by atoms with Crippen molar-refractivity contribution >= 4 is 22.6 Å². The van der Waals surface area contributed by atoms with Gasteiger partial charge in [0.15, 0.2) is 11.2 Å². The van der Waals surface area contributed by atoms with Crippen molar-refractivity contribution in [1.82, 2.24) is 14.8 Å². The molecule has 1 aliphatic rings. The quantitative estimate of drug-likeness (QED) is 0.790. The largest absolute Gasteiger partial charge is 0.378 e. The molecule has 0 radical (unpaired) electrons. The van der Waals surface area contributed by atoms with Crippen LogP contribution < -0.4 is 10.6 Å². The molecule has 2 aromatic rings. The number of aromatic nitrogens is 3. The van der Waals surface area contributed by atoms with Gasteiger partial charge in [-0.3, -0.25) is 9.48 Å². The highest BCUT2D eigenvalue weighted by atomic mass is 16.3. The number of β-amino-alcohol motifs (C(OH)–C–C–N with tert-alkyl or cyclic N) is 1. The van der Waals surface area contributed by atoms with Crippen molar-refractivity contribution in [2.45, 2.75) is 18.4 Å². The molecule has 20 heavy (non-hydrogen) atoms. The Morgan fingerprint density at radius 2 is 2.35 bits per heavy atom. The number of hydrogen-bond donors (Lipinski definition) is 2. The summed E-state index contributed by atoms with van der Waals surface area (Å²) in [7, 11) is 1.83. The normalized spacial score (nSPS) is 23.2. The number of carbonyl (C=O) groups is 1. The first-order valence-electron chi connectivity index (χ1n) is 6.55. The number of aliphatic hydroxyl groups is 1. The average Bonchev–Trinajstić information content (AvgIpc) is 2.81. The maximum atomic E-state index is 11.4. The number of piperidine rings is 1. The highest BCUT2D eigenvalue weighted by Crippen LogP contribution is 2.30. The summed E-state index contributed by atoms with van der Waals surface area (Å²) in [4.78, 5) is 17.7. The molecule has 1 amide bonds. The van der Waals surface area contributed by atoms with Crippen molar-refractivity contribution in [2.24, 2.45) is 12.8 Å². The van der Waals surface area contributed by atoms with E-state index in [1.807, 2.05) is 18.0 Å². The third kappa shape index (κ3) is 1.90. The lowest BCUT2D eigenvalue weighted by Crippen LogP contribution is -2.56. The van der Waals surface area contributed by atoms with Gasteiger partial charge >= 0.3 is 0 Å². The van der Waals surface area contributed by atoms with Crippen LogP contribution in [-0.2, 0) is 11.8 Å². The number of carbonyl (C=O) groups excluding carboxylic acids is 1. The van der Waals surface area contributed by atoms with Gasteiger partial charge in [-0.15, -0.1) is 0 Å². The van der Waals surface area contributed by atoms with E-state index >= 15 is 0 Å². The van der Waals surface area contributed by atoms with Crippen LogP contribution in [0.5, 0.6) is 0 Å². The summed E-state index contributed by atoms with van der Waals surface area (Å²) < 4.78 is 1.70. The van der Waals surface area contributed by atoms with Crippen LogP contribution >= 0.6 is 0 Å². The fourth-order valence-electron chi connectivity index (χ4n) is 2.75. The Morgan fingerprint density at radius 3 is 3.10 bits per heavy atom. The molecule has 0 bridgehead atoms. The molecule has 0 saturated carbocycles. The van der Waals surface area contributed by atoms with Crippen molar-refractivity contribution in [3.05, 3.63) is 18.5 Å². The maximum Gasteiger partial charge on any atom is 0.251 e. The number of fused-ring (bicyclic) bond motifs is 1. The van der Waals surface area contributed by atoms with Crippen LogP contribution in [0.4, 0.5) is 5.69 Å². The Kier molecular flexibility index (Phi) is 2.86. The smallest absolute Gasteiger partial charge is 0.251 e. The van der Waals surface area contributed by atoms with E-state index in [0.717, 1.165) is 23.3 Å². The highest BCUT2D eigenvalue weighted by Gasteiger charge is 2.39. The summed E-state index contributed by atoms with van der Waals surface area (Å²) in [5.41, 5.74) is 5.54. The molecule has 0 aromatic carbocycles. The van der Waals surface area contributed by atoms with Gasteiger partial charge in [0.1, 0.15) is 0 Å². The molecule has 106 valence electrons. The van der Waals surface area contributed by atoms with Crippen molar-refractivity contribution in [3.63, 3.8) is 0 Å². The summed E-state index contributed by atoms with van der Waals surface area (Å²) in [6.07, 6.45) is 4.57. The summed E-state index contributed by atoms with van der Waals surface area (Å²) in [6.45, 7) is 0.972. The van der Waals surface area contributed by atoms with Gasteiger partial charge in [0.2, 0.25) is 0 Å². The number of anilines is 1. The molecule has 1 atom stereocenters. The van der Waals surface area contributed by atoms with Crippen molar-refractivity contribution in [2.75, 3.05) is 18.0 Å². The SMILES string of the molecule is Cn1ncc2c(N3CCCC(O)(C(N)=O)C3)ccnc21. The minimum absolute atomic E-state index is 0.205. The summed E-state index contributed by atoms with van der Waals surface area (Å²) in [5, 5.41) is 15.4. The molecule has 0 aliphatic carbocycles. The zero-order valence-electron chi connectivity index (χ0n) is 11.3. The lowest BCUT2D eigenvalue weighted by atomic mass is 9.92. The first-order chi connectivity index (χ1) is 9.51. The van der Waals surface area contributed by atoms with Crippen LogP contribution in [0.2, 0.25) is 0 Å². The number of primary amides is 1. The van der Waals surface area contributed by atoms with Gasteiger partial charge in [0.05, 0.1) is 23.8 Å². The van der Waals surface area contributed by atoms with E-state index in [2.05, 4.69) is 10.1 Å². The van der Waals surface area contributed by atoms with E-state index in [4.69, 9.17) is 5.73 Å². The molecule has 1 aliphatic heterocycles. The first-order valence-corrected chi connectivity index (χ1v) is 6.55. The van der Waals surface area contributed by atoms with Gasteiger partial charge in [-0.05, 0) is 18.9 Å². The number of amides is 1. The number of hydrogen-bond acceptors (Lipinski definition) is 5. The van der Waals surface area contributed by atoms with Gasteiger partial charge in [-0.25, -0.2) is 4.98 Å². The van der Waals surface area contributed by atoms with E-state index in [1.165, 1.54) is 0 Å². The minimum Gasteiger partial charge on any atom is -0.378 e. The minimum atomic E-state index is -1.46. The first kappa shape index (κ1) is 12.9. The molecular formula is C13H17N5O2. The second-order valence-corrected chi connectivity index (χ2v) is 5.26. The number of nitrogens with zero attached hydrogens (tertiary/aromatic N) is 4. The second-order valence-electron chi connectivity index (χ2n) is 5.26. The fourth-order valence-corrected chi connectivity index (χ4v) is 2.75. The molecular weight excluding hydrogens is 258 g/mol. The lowest BCUT2D eigenvalue weighted by Gasteiger charge is -2.38. The Morgan fingerprint density at radius 1 is 1.55 bits per heavy atom. The van der Waals surface area contributed by atoms with Crippen LogP contribution in [0.1, 0.15) is 12.8 Å². The van der Waals surface area contributed by atoms with Crippen LogP contribution in [0.3, 0.4) is 0 Å². The Hall–Kier alpha value is -2.15. The molecule has 3 N–H and O–H groups in total. The Bertz CT molecular complexity index is 668. The van der Waals surface area contributed by atoms with Crippen LogP contribution in [-0.4, -0.2) is 44.5 Å². The third-order valence-corrected chi connectivity index (χ3v) is 3.88. The third-order valence-electron chi connectivity index (χ3n) is 3.88. The van der Waals surface area contributed by atoms with Gasteiger partial charge in [-0.1, -0.05) is 0 Å². The Balaban J connectivity index is 2.01. The van der Waals surface area contributed by atoms with E-state index in [9.17, 15) is 9.90 Å². The van der Waals surface area contributed by atoms with Gasteiger partial charge in [0, 0.05) is 19.8 Å². The molecule has 1 fully saturated rings.